The largest absolute Gasteiger partial charge is 0.376 e. The second-order valence-corrected chi connectivity index (χ2v) is 3.40. The fraction of sp³-hybridized carbons (Fsp3) is 0.167. The predicted molar refractivity (Wildman–Crippen MR) is 56.4 cm³/mol. The fourth-order valence-electron chi connectivity index (χ4n) is 1.30. The molecule has 72 valence electrons. The summed E-state index contributed by atoms with van der Waals surface area (Å²) in [6.45, 7) is 4.10. The summed E-state index contributed by atoms with van der Waals surface area (Å²) >= 11 is 0. The predicted octanol–water partition coefficient (Wildman–Crippen LogP) is 2.95. The molecule has 0 N–H and O–H groups in total. The molecule has 0 radical (unpaired) electrons. The molecule has 0 amide bonds. The standard InChI is InChI=1S/C12H13NO/c1-10-5-6-11(2)12(9-10)14-13-7-3-4-8-13/h3-9H,1-2H3. The molecule has 1 aromatic heterocycles. The van der Waals surface area contributed by atoms with Crippen molar-refractivity contribution in [3.05, 3.63) is 53.9 Å². The molecule has 1 heterocycles. The van der Waals surface area contributed by atoms with Gasteiger partial charge in [0.2, 0.25) is 0 Å². The van der Waals surface area contributed by atoms with Crippen molar-refractivity contribution in [2.24, 2.45) is 0 Å². The Morgan fingerprint density at radius 1 is 1.07 bits per heavy atom. The van der Waals surface area contributed by atoms with Gasteiger partial charge in [0, 0.05) is 12.4 Å². The summed E-state index contributed by atoms with van der Waals surface area (Å²) in [4.78, 5) is 5.65. The van der Waals surface area contributed by atoms with Gasteiger partial charge < -0.3 is 4.84 Å². The molecule has 2 nitrogen and oxygen atoms in total. The number of benzene rings is 1. The third kappa shape index (κ3) is 1.79. The van der Waals surface area contributed by atoms with Crippen LogP contribution in [-0.4, -0.2) is 4.73 Å². The number of hydrogen-bond acceptors (Lipinski definition) is 1. The van der Waals surface area contributed by atoms with Gasteiger partial charge in [-0.2, -0.15) is 4.73 Å². The van der Waals surface area contributed by atoms with Gasteiger partial charge in [0.25, 0.3) is 0 Å². The zero-order valence-electron chi connectivity index (χ0n) is 8.40. The Morgan fingerprint density at radius 2 is 1.79 bits per heavy atom. The highest BCUT2D eigenvalue weighted by Gasteiger charge is 2.00. The van der Waals surface area contributed by atoms with E-state index < -0.39 is 0 Å². The SMILES string of the molecule is Cc1ccc(C)c(On2cccc2)c1. The molecule has 0 aliphatic rings. The molecular formula is C12H13NO. The number of aromatic nitrogens is 1. The van der Waals surface area contributed by atoms with Gasteiger partial charge in [-0.25, -0.2) is 0 Å². The zero-order valence-corrected chi connectivity index (χ0v) is 8.40. The Hall–Kier alpha value is -1.70. The van der Waals surface area contributed by atoms with Crippen molar-refractivity contribution in [1.82, 2.24) is 4.73 Å². The third-order valence-corrected chi connectivity index (χ3v) is 2.12. The molecule has 0 spiro atoms. The summed E-state index contributed by atoms with van der Waals surface area (Å²) in [5.74, 6) is 0.904. The van der Waals surface area contributed by atoms with Crippen LogP contribution in [0, 0.1) is 13.8 Å². The molecule has 0 aliphatic carbocycles. The molecule has 1 aromatic carbocycles. The van der Waals surface area contributed by atoms with E-state index >= 15 is 0 Å². The summed E-state index contributed by atoms with van der Waals surface area (Å²) in [6, 6.07) is 10.1. The first-order valence-corrected chi connectivity index (χ1v) is 4.64. The Labute approximate surface area is 83.7 Å². The molecule has 0 aliphatic heterocycles. The van der Waals surface area contributed by atoms with Crippen molar-refractivity contribution in [2.75, 3.05) is 0 Å². The first-order chi connectivity index (χ1) is 6.75. The Bertz CT molecular complexity index is 418. The lowest BCUT2D eigenvalue weighted by atomic mass is 10.1. The normalized spacial score (nSPS) is 10.1. The van der Waals surface area contributed by atoms with Gasteiger partial charge in [-0.1, -0.05) is 12.1 Å². The number of aryl methyl sites for hydroxylation is 2. The minimum Gasteiger partial charge on any atom is -0.376 e. The summed E-state index contributed by atoms with van der Waals surface area (Å²) in [5, 5.41) is 0. The van der Waals surface area contributed by atoms with Crippen molar-refractivity contribution in [3.63, 3.8) is 0 Å². The lowest BCUT2D eigenvalue weighted by Crippen LogP contribution is -2.02. The maximum absolute atomic E-state index is 5.65. The molecule has 0 unspecified atom stereocenters. The van der Waals surface area contributed by atoms with Crippen LogP contribution in [-0.2, 0) is 0 Å². The number of hydrogen-bond donors (Lipinski definition) is 0. The first kappa shape index (κ1) is 8.88. The van der Waals surface area contributed by atoms with Gasteiger partial charge in [-0.05, 0) is 43.2 Å². The number of nitrogens with zero attached hydrogens (tertiary/aromatic N) is 1. The molecule has 2 heteroatoms. The highest BCUT2D eigenvalue weighted by atomic mass is 16.7. The molecule has 0 fully saturated rings. The van der Waals surface area contributed by atoms with Crippen molar-refractivity contribution >= 4 is 0 Å². The lowest BCUT2D eigenvalue weighted by Gasteiger charge is -2.09. The second-order valence-electron chi connectivity index (χ2n) is 3.40. The van der Waals surface area contributed by atoms with Gasteiger partial charge in [0.15, 0.2) is 5.75 Å². The first-order valence-electron chi connectivity index (χ1n) is 4.64. The molecule has 0 saturated heterocycles. The van der Waals surface area contributed by atoms with E-state index in [1.807, 2.05) is 37.5 Å². The molecular weight excluding hydrogens is 174 g/mol. The monoisotopic (exact) mass is 187 g/mol. The second kappa shape index (κ2) is 3.58. The Balaban J connectivity index is 2.28. The van der Waals surface area contributed by atoms with E-state index in [0.29, 0.717) is 0 Å². The van der Waals surface area contributed by atoms with Gasteiger partial charge in [-0.15, -0.1) is 0 Å². The molecule has 0 saturated carbocycles. The van der Waals surface area contributed by atoms with Crippen LogP contribution >= 0.6 is 0 Å². The van der Waals surface area contributed by atoms with E-state index in [9.17, 15) is 0 Å². The average Bonchev–Trinajstić information content (AvgIpc) is 2.64. The minimum atomic E-state index is 0.904. The summed E-state index contributed by atoms with van der Waals surface area (Å²) in [6.07, 6.45) is 3.75. The van der Waals surface area contributed by atoms with Crippen molar-refractivity contribution in [2.45, 2.75) is 13.8 Å². The third-order valence-electron chi connectivity index (χ3n) is 2.12. The van der Waals surface area contributed by atoms with Crippen LogP contribution in [0.25, 0.3) is 0 Å². The van der Waals surface area contributed by atoms with Gasteiger partial charge in [0.1, 0.15) is 0 Å². The van der Waals surface area contributed by atoms with Crippen molar-refractivity contribution in [3.8, 4) is 5.75 Å². The zero-order chi connectivity index (χ0) is 9.97. The Kier molecular flexibility index (Phi) is 2.27. The van der Waals surface area contributed by atoms with Crippen molar-refractivity contribution in [1.29, 1.82) is 0 Å². The summed E-state index contributed by atoms with van der Waals surface area (Å²) in [7, 11) is 0. The van der Waals surface area contributed by atoms with Gasteiger partial charge in [-0.3, -0.25) is 0 Å². The van der Waals surface area contributed by atoms with E-state index in [4.69, 9.17) is 4.84 Å². The van der Waals surface area contributed by atoms with Crippen LogP contribution in [0.1, 0.15) is 11.1 Å². The van der Waals surface area contributed by atoms with Crippen LogP contribution in [0.4, 0.5) is 0 Å². The van der Waals surface area contributed by atoms with Gasteiger partial charge in [0.05, 0.1) is 0 Å². The maximum Gasteiger partial charge on any atom is 0.158 e. The van der Waals surface area contributed by atoms with Crippen LogP contribution in [0.3, 0.4) is 0 Å². The molecule has 14 heavy (non-hydrogen) atoms. The molecule has 2 aromatic rings. The smallest absolute Gasteiger partial charge is 0.158 e. The van der Waals surface area contributed by atoms with E-state index in [1.165, 1.54) is 5.56 Å². The minimum absolute atomic E-state index is 0.904. The topological polar surface area (TPSA) is 14.2 Å². The summed E-state index contributed by atoms with van der Waals surface area (Å²) in [5.41, 5.74) is 2.35. The molecule has 0 atom stereocenters. The maximum atomic E-state index is 5.65. The highest BCUT2D eigenvalue weighted by Crippen LogP contribution is 2.19. The van der Waals surface area contributed by atoms with Crippen molar-refractivity contribution < 1.29 is 4.84 Å². The Morgan fingerprint density at radius 3 is 2.50 bits per heavy atom. The fourth-order valence-corrected chi connectivity index (χ4v) is 1.30. The van der Waals surface area contributed by atoms with Crippen LogP contribution < -0.4 is 4.84 Å². The van der Waals surface area contributed by atoms with E-state index in [2.05, 4.69) is 19.1 Å². The lowest BCUT2D eigenvalue weighted by molar-refractivity contribution is 0.215. The van der Waals surface area contributed by atoms with Crippen LogP contribution in [0.15, 0.2) is 42.7 Å². The quantitative estimate of drug-likeness (QED) is 0.705. The van der Waals surface area contributed by atoms with Gasteiger partial charge >= 0.3 is 0 Å². The van der Waals surface area contributed by atoms with E-state index in [-0.39, 0.29) is 0 Å². The molecule has 0 bridgehead atoms. The average molecular weight is 187 g/mol. The van der Waals surface area contributed by atoms with E-state index in [1.54, 1.807) is 4.73 Å². The highest BCUT2D eigenvalue weighted by molar-refractivity contribution is 5.35. The number of rotatable bonds is 2. The summed E-state index contributed by atoms with van der Waals surface area (Å²) < 4.78 is 1.70. The van der Waals surface area contributed by atoms with Crippen LogP contribution in [0.5, 0.6) is 5.75 Å². The van der Waals surface area contributed by atoms with Crippen LogP contribution in [0.2, 0.25) is 0 Å². The molecule has 2 rings (SSSR count). The van der Waals surface area contributed by atoms with E-state index in [0.717, 1.165) is 11.3 Å².